The predicted molar refractivity (Wildman–Crippen MR) is 94.5 cm³/mol. The third kappa shape index (κ3) is 4.55. The molecule has 1 atom stereocenters. The van der Waals surface area contributed by atoms with Gasteiger partial charge in [0.2, 0.25) is 0 Å². The Morgan fingerprint density at radius 1 is 1.17 bits per heavy atom. The third-order valence-electron chi connectivity index (χ3n) is 3.91. The summed E-state index contributed by atoms with van der Waals surface area (Å²) in [7, 11) is 0. The van der Waals surface area contributed by atoms with Crippen molar-refractivity contribution >= 4 is 5.91 Å². The lowest BCUT2D eigenvalue weighted by Gasteiger charge is -2.25. The molecule has 2 rings (SSSR count). The molecule has 1 aromatic heterocycles. The molecule has 0 fully saturated rings. The average molecular weight is 328 g/mol. The molecule has 24 heavy (non-hydrogen) atoms. The van der Waals surface area contributed by atoms with E-state index in [1.54, 1.807) is 0 Å². The zero-order valence-electron chi connectivity index (χ0n) is 14.3. The van der Waals surface area contributed by atoms with Crippen LogP contribution in [-0.2, 0) is 0 Å². The lowest BCUT2D eigenvalue weighted by atomic mass is 9.87. The van der Waals surface area contributed by atoms with E-state index in [-0.39, 0.29) is 16.9 Å². The third-order valence-corrected chi connectivity index (χ3v) is 3.91. The second-order valence-electron chi connectivity index (χ2n) is 6.89. The van der Waals surface area contributed by atoms with Crippen LogP contribution < -0.4 is 10.9 Å². The zero-order chi connectivity index (χ0) is 17.7. The second-order valence-corrected chi connectivity index (χ2v) is 6.89. The summed E-state index contributed by atoms with van der Waals surface area (Å²) in [6, 6.07) is 12.0. The van der Waals surface area contributed by atoms with Gasteiger partial charge in [-0.2, -0.15) is 0 Å². The Labute approximate surface area is 142 Å². The Kier molecular flexibility index (Phi) is 5.57. The summed E-state index contributed by atoms with van der Waals surface area (Å²) in [5.41, 5.74) is 0.704. The number of nitrogens with zero attached hydrogens (tertiary/aromatic N) is 1. The number of hydrogen-bond acceptors (Lipinski definition) is 3. The maximum Gasteiger partial charge on any atom is 0.255 e. The highest BCUT2D eigenvalue weighted by Crippen LogP contribution is 2.20. The van der Waals surface area contributed by atoms with Gasteiger partial charge in [-0.15, -0.1) is 0 Å². The van der Waals surface area contributed by atoms with Crippen molar-refractivity contribution in [1.82, 2.24) is 9.88 Å². The normalized spacial score (nSPS) is 12.7. The van der Waals surface area contributed by atoms with Crippen LogP contribution in [0.15, 0.2) is 53.5 Å². The van der Waals surface area contributed by atoms with Gasteiger partial charge in [-0.25, -0.2) is 0 Å². The number of aromatic nitrogens is 1. The number of aliphatic hydroxyl groups excluding tert-OH is 1. The van der Waals surface area contributed by atoms with E-state index in [9.17, 15) is 14.7 Å². The molecule has 0 radical (unpaired) electrons. The van der Waals surface area contributed by atoms with Crippen LogP contribution in [0.2, 0.25) is 0 Å². The number of hydrogen-bond donors (Lipinski definition) is 2. The predicted octanol–water partition coefficient (Wildman–Crippen LogP) is 2.36. The molecule has 5 heteroatoms. The van der Waals surface area contributed by atoms with E-state index in [4.69, 9.17) is 0 Å². The van der Waals surface area contributed by atoms with Crippen LogP contribution >= 0.6 is 0 Å². The first-order valence-electron chi connectivity index (χ1n) is 8.03. The van der Waals surface area contributed by atoms with Gasteiger partial charge in [0.1, 0.15) is 0 Å². The molecule has 128 valence electrons. The molecule has 1 amide bonds. The van der Waals surface area contributed by atoms with Crippen LogP contribution in [0.1, 0.15) is 37.6 Å². The number of aliphatic hydroxyl groups is 1. The van der Waals surface area contributed by atoms with Crippen molar-refractivity contribution in [2.45, 2.75) is 33.3 Å². The molecule has 5 nitrogen and oxygen atoms in total. The molecule has 0 aliphatic heterocycles. The standard InChI is InChI=1S/C19H24N2O3/c1-19(2,3)16(22)11-12-20-18(24)14-9-10-17(23)21(13-14)15-7-5-4-6-8-15/h4-10,13,16,22H,11-12H2,1-3H3,(H,20,24). The summed E-state index contributed by atoms with van der Waals surface area (Å²) in [4.78, 5) is 24.3. The minimum Gasteiger partial charge on any atom is -0.393 e. The van der Waals surface area contributed by atoms with Gasteiger partial charge < -0.3 is 10.4 Å². The number of benzene rings is 1. The highest BCUT2D eigenvalue weighted by Gasteiger charge is 2.21. The molecule has 1 aromatic carbocycles. The van der Waals surface area contributed by atoms with E-state index in [0.717, 1.165) is 0 Å². The SMILES string of the molecule is CC(C)(C)C(O)CCNC(=O)c1ccc(=O)n(-c2ccccc2)c1. The minimum atomic E-state index is -0.490. The van der Waals surface area contributed by atoms with Gasteiger partial charge in [-0.3, -0.25) is 14.2 Å². The molecule has 0 saturated heterocycles. The molecule has 0 aliphatic carbocycles. The maximum absolute atomic E-state index is 12.3. The van der Waals surface area contributed by atoms with Crippen LogP contribution in [0, 0.1) is 5.41 Å². The zero-order valence-corrected chi connectivity index (χ0v) is 14.3. The van der Waals surface area contributed by atoms with Crippen LogP contribution in [0.3, 0.4) is 0 Å². The first-order valence-corrected chi connectivity index (χ1v) is 8.03. The summed E-state index contributed by atoms with van der Waals surface area (Å²) < 4.78 is 1.44. The quantitative estimate of drug-likeness (QED) is 0.885. The number of nitrogens with one attached hydrogen (secondary N) is 1. The van der Waals surface area contributed by atoms with Gasteiger partial charge in [0.05, 0.1) is 11.7 Å². The fourth-order valence-electron chi connectivity index (χ4n) is 2.27. The topological polar surface area (TPSA) is 71.3 Å². The van der Waals surface area contributed by atoms with Crippen molar-refractivity contribution in [1.29, 1.82) is 0 Å². The smallest absolute Gasteiger partial charge is 0.255 e. The highest BCUT2D eigenvalue weighted by molar-refractivity contribution is 5.93. The number of para-hydroxylation sites is 1. The van der Waals surface area contributed by atoms with Crippen molar-refractivity contribution in [2.24, 2.45) is 5.41 Å². The molecular formula is C19H24N2O3. The van der Waals surface area contributed by atoms with Crippen LogP contribution in [0.5, 0.6) is 0 Å². The van der Waals surface area contributed by atoms with Crippen molar-refractivity contribution < 1.29 is 9.90 Å². The number of rotatable bonds is 5. The van der Waals surface area contributed by atoms with Gasteiger partial charge in [0, 0.05) is 24.5 Å². The highest BCUT2D eigenvalue weighted by atomic mass is 16.3. The summed E-state index contributed by atoms with van der Waals surface area (Å²) in [6.07, 6.45) is 1.52. The summed E-state index contributed by atoms with van der Waals surface area (Å²) in [5.74, 6) is -0.263. The van der Waals surface area contributed by atoms with Crippen molar-refractivity contribution in [3.8, 4) is 5.69 Å². The van der Waals surface area contributed by atoms with E-state index in [1.165, 1.54) is 22.9 Å². The molecule has 0 saturated carbocycles. The lowest BCUT2D eigenvalue weighted by molar-refractivity contribution is 0.0551. The first-order chi connectivity index (χ1) is 11.3. The van der Waals surface area contributed by atoms with Crippen molar-refractivity contribution in [3.63, 3.8) is 0 Å². The van der Waals surface area contributed by atoms with E-state index in [1.807, 2.05) is 51.1 Å². The number of carbonyl (C=O) groups excluding carboxylic acids is 1. The van der Waals surface area contributed by atoms with Gasteiger partial charge in [0.25, 0.3) is 11.5 Å². The fraction of sp³-hybridized carbons (Fsp3) is 0.368. The van der Waals surface area contributed by atoms with E-state index in [0.29, 0.717) is 24.2 Å². The Bertz CT molecular complexity index is 745. The van der Waals surface area contributed by atoms with Crippen LogP contribution in [0.4, 0.5) is 0 Å². The van der Waals surface area contributed by atoms with E-state index < -0.39 is 6.10 Å². The Morgan fingerprint density at radius 3 is 2.46 bits per heavy atom. The van der Waals surface area contributed by atoms with Gasteiger partial charge in [-0.05, 0) is 30.0 Å². The molecular weight excluding hydrogens is 304 g/mol. The number of carbonyl (C=O) groups is 1. The maximum atomic E-state index is 12.3. The molecule has 1 heterocycles. The first kappa shape index (κ1) is 17.9. The Morgan fingerprint density at radius 2 is 1.83 bits per heavy atom. The molecule has 2 aromatic rings. The van der Waals surface area contributed by atoms with Gasteiger partial charge in [0.15, 0.2) is 0 Å². The van der Waals surface area contributed by atoms with E-state index >= 15 is 0 Å². The molecule has 2 N–H and O–H groups in total. The van der Waals surface area contributed by atoms with Crippen molar-refractivity contribution in [3.05, 3.63) is 64.6 Å². The second kappa shape index (κ2) is 7.45. The molecule has 1 unspecified atom stereocenters. The monoisotopic (exact) mass is 328 g/mol. The van der Waals surface area contributed by atoms with Gasteiger partial charge >= 0.3 is 0 Å². The summed E-state index contributed by atoms with van der Waals surface area (Å²) in [6.45, 7) is 6.24. The summed E-state index contributed by atoms with van der Waals surface area (Å²) in [5, 5.41) is 12.8. The summed E-state index contributed by atoms with van der Waals surface area (Å²) >= 11 is 0. The Hall–Kier alpha value is -2.40. The van der Waals surface area contributed by atoms with E-state index in [2.05, 4.69) is 5.32 Å². The molecule has 0 aliphatic rings. The van der Waals surface area contributed by atoms with Gasteiger partial charge in [-0.1, -0.05) is 39.0 Å². The lowest BCUT2D eigenvalue weighted by Crippen LogP contribution is -2.33. The average Bonchev–Trinajstić information content (AvgIpc) is 2.55. The van der Waals surface area contributed by atoms with Crippen LogP contribution in [-0.4, -0.2) is 28.2 Å². The minimum absolute atomic E-state index is 0.194. The fourth-order valence-corrected chi connectivity index (χ4v) is 2.27. The number of pyridine rings is 1. The van der Waals surface area contributed by atoms with Crippen molar-refractivity contribution in [2.75, 3.05) is 6.54 Å². The molecule has 0 spiro atoms. The molecule has 0 bridgehead atoms. The Balaban J connectivity index is 2.07. The number of amides is 1. The van der Waals surface area contributed by atoms with Crippen LogP contribution in [0.25, 0.3) is 5.69 Å². The largest absolute Gasteiger partial charge is 0.393 e.